The van der Waals surface area contributed by atoms with E-state index in [1.54, 1.807) is 0 Å². The molecule has 0 N–H and O–H groups in total. The Balaban J connectivity index is 2.10. The van der Waals surface area contributed by atoms with Crippen molar-refractivity contribution in [2.45, 2.75) is 232 Å². The molecule has 2 heteroatoms. The van der Waals surface area contributed by atoms with Crippen LogP contribution < -0.4 is 0 Å². The fourth-order valence-electron chi connectivity index (χ4n) is 6.89. The molecular weight excluding hydrogens is 508 g/mol. The zero-order chi connectivity index (χ0) is 30.2. The third-order valence-corrected chi connectivity index (χ3v) is 9.82. The van der Waals surface area contributed by atoms with Crippen molar-refractivity contribution in [3.63, 3.8) is 0 Å². The summed E-state index contributed by atoms with van der Waals surface area (Å²) in [4.78, 5) is 5.41. The van der Waals surface area contributed by atoms with Crippen LogP contribution in [0.4, 0.5) is 0 Å². The summed E-state index contributed by atoms with van der Waals surface area (Å²) in [5, 5.41) is 0. The molecule has 0 radical (unpaired) electrons. The molecule has 1 rings (SSSR count). The summed E-state index contributed by atoms with van der Waals surface area (Å²) in [6, 6.07) is 0. The maximum Gasteiger partial charge on any atom is 0.101 e. The zero-order valence-electron chi connectivity index (χ0n) is 29.7. The molecule has 1 heterocycles. The number of hydrogen-bond acceptors (Lipinski definition) is 2. The molecule has 0 aromatic carbocycles. The normalized spacial score (nSPS) is 15.0. The Morgan fingerprint density at radius 3 is 0.833 bits per heavy atom. The van der Waals surface area contributed by atoms with Gasteiger partial charge in [-0.05, 0) is 25.7 Å². The first-order valence-electron chi connectivity index (χ1n) is 20.0. The van der Waals surface area contributed by atoms with Gasteiger partial charge >= 0.3 is 0 Å². The minimum Gasteiger partial charge on any atom is -0.356 e. The Morgan fingerprint density at radius 1 is 0.310 bits per heavy atom. The van der Waals surface area contributed by atoms with Crippen LogP contribution in [0.2, 0.25) is 0 Å². The van der Waals surface area contributed by atoms with Gasteiger partial charge in [0.15, 0.2) is 0 Å². The highest BCUT2D eigenvalue weighted by atomic mass is 15.4. The van der Waals surface area contributed by atoms with Crippen LogP contribution in [-0.2, 0) is 0 Å². The van der Waals surface area contributed by atoms with Crippen molar-refractivity contribution in [3.05, 3.63) is 12.4 Å². The van der Waals surface area contributed by atoms with E-state index in [4.69, 9.17) is 0 Å². The second kappa shape index (κ2) is 31.8. The molecule has 250 valence electrons. The summed E-state index contributed by atoms with van der Waals surface area (Å²) in [7, 11) is 0. The van der Waals surface area contributed by atoms with E-state index < -0.39 is 0 Å². The third-order valence-electron chi connectivity index (χ3n) is 9.82. The maximum absolute atomic E-state index is 2.71. The Morgan fingerprint density at radius 2 is 0.548 bits per heavy atom. The highest BCUT2D eigenvalue weighted by Crippen LogP contribution is 2.24. The van der Waals surface area contributed by atoms with Crippen LogP contribution in [0.1, 0.15) is 226 Å². The van der Waals surface area contributed by atoms with Crippen LogP contribution in [0.15, 0.2) is 12.4 Å². The van der Waals surface area contributed by atoms with Gasteiger partial charge in [0.25, 0.3) is 0 Å². The molecule has 0 aromatic rings. The Hall–Kier alpha value is -0.660. The molecule has 42 heavy (non-hydrogen) atoms. The van der Waals surface area contributed by atoms with Crippen LogP contribution in [0.25, 0.3) is 0 Å². The molecule has 0 saturated heterocycles. The van der Waals surface area contributed by atoms with E-state index >= 15 is 0 Å². The molecule has 0 bridgehead atoms. The lowest BCUT2D eigenvalue weighted by Gasteiger charge is -2.33. The van der Waals surface area contributed by atoms with E-state index in [1.807, 2.05) is 0 Å². The second-order valence-corrected chi connectivity index (χ2v) is 13.9. The van der Waals surface area contributed by atoms with E-state index in [0.29, 0.717) is 6.17 Å². The minimum atomic E-state index is 0.640. The molecule has 1 unspecified atom stereocenters. The number of hydrogen-bond donors (Lipinski definition) is 0. The monoisotopic (exact) mass is 589 g/mol. The Bertz CT molecular complexity index is 544. The summed E-state index contributed by atoms with van der Waals surface area (Å²) in [6.45, 7) is 9.48. The van der Waals surface area contributed by atoms with Gasteiger partial charge < -0.3 is 9.80 Å². The summed E-state index contributed by atoms with van der Waals surface area (Å²) in [6.07, 6.45) is 51.4. The van der Waals surface area contributed by atoms with Crippen LogP contribution >= 0.6 is 0 Å². The van der Waals surface area contributed by atoms with Crippen molar-refractivity contribution in [1.82, 2.24) is 9.80 Å². The van der Waals surface area contributed by atoms with E-state index in [9.17, 15) is 0 Å². The van der Waals surface area contributed by atoms with Gasteiger partial charge in [0.2, 0.25) is 0 Å². The predicted octanol–water partition coefficient (Wildman–Crippen LogP) is 13.9. The Labute approximate surface area is 267 Å². The second-order valence-electron chi connectivity index (χ2n) is 13.9. The first-order chi connectivity index (χ1) is 20.8. The fraction of sp³-hybridized carbons (Fsp3) is 0.950. The maximum atomic E-state index is 2.71. The topological polar surface area (TPSA) is 6.48 Å². The van der Waals surface area contributed by atoms with Gasteiger partial charge in [-0.3, -0.25) is 0 Å². The quantitative estimate of drug-likeness (QED) is 0.0690. The molecule has 0 fully saturated rings. The highest BCUT2D eigenvalue weighted by molar-refractivity contribution is 4.97. The lowest BCUT2D eigenvalue weighted by Crippen LogP contribution is -2.39. The lowest BCUT2D eigenvalue weighted by atomic mass is 10.0. The third kappa shape index (κ3) is 23.8. The van der Waals surface area contributed by atoms with Crippen molar-refractivity contribution >= 4 is 0 Å². The molecule has 0 aromatic heterocycles. The largest absolute Gasteiger partial charge is 0.356 e. The van der Waals surface area contributed by atoms with Gasteiger partial charge in [0, 0.05) is 25.5 Å². The molecular formula is C40H80N2. The summed E-state index contributed by atoms with van der Waals surface area (Å²) in [5.74, 6) is 0. The number of rotatable bonds is 34. The zero-order valence-corrected chi connectivity index (χ0v) is 29.7. The molecule has 0 spiro atoms. The average molecular weight is 589 g/mol. The fourth-order valence-corrected chi connectivity index (χ4v) is 6.89. The minimum absolute atomic E-state index is 0.640. The summed E-state index contributed by atoms with van der Waals surface area (Å²) in [5.41, 5.74) is 0. The van der Waals surface area contributed by atoms with E-state index in [-0.39, 0.29) is 0 Å². The molecule has 2 nitrogen and oxygen atoms in total. The molecule has 0 amide bonds. The lowest BCUT2D eigenvalue weighted by molar-refractivity contribution is 0.135. The van der Waals surface area contributed by atoms with Gasteiger partial charge in [-0.25, -0.2) is 0 Å². The van der Waals surface area contributed by atoms with Gasteiger partial charge in [-0.2, -0.15) is 0 Å². The highest BCUT2D eigenvalue weighted by Gasteiger charge is 2.24. The van der Waals surface area contributed by atoms with Crippen molar-refractivity contribution in [2.75, 3.05) is 13.1 Å². The van der Waals surface area contributed by atoms with Gasteiger partial charge in [-0.1, -0.05) is 201 Å². The van der Waals surface area contributed by atoms with E-state index in [0.717, 1.165) is 0 Å². The molecule has 0 aliphatic carbocycles. The van der Waals surface area contributed by atoms with E-state index in [1.165, 1.54) is 219 Å². The van der Waals surface area contributed by atoms with Crippen molar-refractivity contribution in [2.24, 2.45) is 0 Å². The first kappa shape index (κ1) is 39.4. The standard InChI is InChI=1S/C40H80N2/c1-4-7-10-13-15-17-19-20-21-22-23-24-26-28-31-34-37-42-39-38-41(40(42)35-32-29-12-9-6-3)36-33-30-27-25-18-16-14-11-8-5-2/h38-40H,4-37H2,1-3H3. The van der Waals surface area contributed by atoms with Gasteiger partial charge in [0.1, 0.15) is 6.17 Å². The SMILES string of the molecule is CCCCCCCCCCCCCCCCCCN1C=CN(CCCCCCCCCCCC)C1CCCCCCC. The van der Waals surface area contributed by atoms with Crippen LogP contribution in [0, 0.1) is 0 Å². The summed E-state index contributed by atoms with van der Waals surface area (Å²) >= 11 is 0. The molecule has 1 aliphatic rings. The van der Waals surface area contributed by atoms with Gasteiger partial charge in [-0.15, -0.1) is 0 Å². The van der Waals surface area contributed by atoms with Crippen LogP contribution in [-0.4, -0.2) is 29.1 Å². The number of nitrogens with zero attached hydrogens (tertiary/aromatic N) is 2. The van der Waals surface area contributed by atoms with Crippen molar-refractivity contribution in [1.29, 1.82) is 0 Å². The number of unbranched alkanes of at least 4 members (excludes halogenated alkanes) is 28. The smallest absolute Gasteiger partial charge is 0.101 e. The molecule has 1 atom stereocenters. The Kier molecular flexibility index (Phi) is 29.8. The first-order valence-corrected chi connectivity index (χ1v) is 20.0. The van der Waals surface area contributed by atoms with Crippen molar-refractivity contribution < 1.29 is 0 Å². The average Bonchev–Trinajstić information content (AvgIpc) is 3.38. The van der Waals surface area contributed by atoms with E-state index in [2.05, 4.69) is 43.0 Å². The van der Waals surface area contributed by atoms with Crippen LogP contribution in [0.5, 0.6) is 0 Å². The summed E-state index contributed by atoms with van der Waals surface area (Å²) < 4.78 is 0. The molecule has 1 aliphatic heterocycles. The molecule has 0 saturated carbocycles. The van der Waals surface area contributed by atoms with Crippen molar-refractivity contribution in [3.8, 4) is 0 Å². The van der Waals surface area contributed by atoms with Gasteiger partial charge in [0.05, 0.1) is 0 Å². The van der Waals surface area contributed by atoms with Crippen LogP contribution in [0.3, 0.4) is 0 Å². The predicted molar refractivity (Wildman–Crippen MR) is 191 cm³/mol.